The van der Waals surface area contributed by atoms with Crippen LogP contribution in [0.25, 0.3) is 29.1 Å². The number of nitrogens with zero attached hydrogens (tertiary/aromatic N) is 2. The zero-order valence-electron chi connectivity index (χ0n) is 35.6. The number of unbranched alkanes of at least 4 members (excludes halogenated alkanes) is 7. The molecule has 306 valence electrons. The summed E-state index contributed by atoms with van der Waals surface area (Å²) in [6.45, 7) is 16.4. The summed E-state index contributed by atoms with van der Waals surface area (Å²) in [6, 6.07) is 13.7. The first-order chi connectivity index (χ1) is 27.0. The number of aryl methyl sites for hydroxylation is 2. The zero-order chi connectivity index (χ0) is 39.9. The number of allylic oxidation sites excluding steroid dienone is 8. The molecule has 0 N–H and O–H groups in total. The van der Waals surface area contributed by atoms with Gasteiger partial charge in [-0.25, -0.2) is 4.70 Å². The molecular weight excluding hydrogens is 719 g/mol. The summed E-state index contributed by atoms with van der Waals surface area (Å²) in [5.74, 6) is 0. The maximum atomic E-state index is 12.3. The van der Waals surface area contributed by atoms with Gasteiger partial charge in [-0.15, -0.1) is 0 Å². The van der Waals surface area contributed by atoms with Gasteiger partial charge in [-0.05, 0) is 98.6 Å². The molecule has 0 radical (unpaired) electrons. The second kappa shape index (κ2) is 31.0. The van der Waals surface area contributed by atoms with Crippen LogP contribution in [-0.4, -0.2) is 17.9 Å². The summed E-state index contributed by atoms with van der Waals surface area (Å²) >= 11 is 0.899. The normalized spacial score (nSPS) is 13.4. The molecule has 0 saturated carbocycles. The van der Waals surface area contributed by atoms with E-state index in [1.54, 1.807) is 4.70 Å². The van der Waals surface area contributed by atoms with Crippen molar-refractivity contribution in [2.24, 2.45) is 0 Å². The fourth-order valence-corrected chi connectivity index (χ4v) is 6.81. The molecule has 0 atom stereocenters. The molecule has 3 rings (SSSR count). The van der Waals surface area contributed by atoms with Crippen LogP contribution in [0.2, 0.25) is 0 Å². The summed E-state index contributed by atoms with van der Waals surface area (Å²) in [4.78, 5) is 0. The van der Waals surface area contributed by atoms with Gasteiger partial charge in [-0.1, -0.05) is 152 Å². The second-order valence-electron chi connectivity index (χ2n) is 14.1. The van der Waals surface area contributed by atoms with Crippen LogP contribution in [0, 0.1) is 0 Å². The third-order valence-corrected chi connectivity index (χ3v) is 10.2. The molecule has 5 heteroatoms. The van der Waals surface area contributed by atoms with Gasteiger partial charge in [0.15, 0.2) is 0 Å². The van der Waals surface area contributed by atoms with Crippen molar-refractivity contribution in [2.45, 2.75) is 158 Å². The first-order valence-electron chi connectivity index (χ1n) is 21.7. The Kier molecular flexibility index (Phi) is 27.1. The summed E-state index contributed by atoms with van der Waals surface area (Å²) in [6.07, 6.45) is 39.5. The van der Waals surface area contributed by atoms with Gasteiger partial charge in [-0.3, -0.25) is 0 Å². The standard InChI is InChI=1S/C46H64N2.2C2H5O.Ni/c1-6-11-16-19-22-25-30-42-37-45(43-35-38(26-14-9-4)31-33-40(43)28-23-20-17-12-7-2)48(47)46(42)44-36-39(27-15-10-5)32-34-41(44)29-24-21-18-13-8-3;2*1-2-3;/h14-15,17-18,20-21,26-27,31-37H,6-13,16,19,22-25,28-30H2,1-5H3;2*2H2,1H3;/q;2*-1;+2. The molecule has 55 heavy (non-hydrogen) atoms. The number of hydrogen-bond donors (Lipinski definition) is 0. The van der Waals surface area contributed by atoms with Gasteiger partial charge in [-0.2, -0.15) is 0 Å². The molecule has 2 aromatic rings. The molecule has 1 aliphatic rings. The average molecular weight is 794 g/mol. The molecule has 0 saturated heterocycles. The predicted molar refractivity (Wildman–Crippen MR) is 236 cm³/mol. The van der Waals surface area contributed by atoms with E-state index in [4.69, 9.17) is 7.76 Å². The van der Waals surface area contributed by atoms with Gasteiger partial charge in [0.2, 0.25) is 11.4 Å². The van der Waals surface area contributed by atoms with Crippen LogP contribution in [0.1, 0.15) is 178 Å². The summed E-state index contributed by atoms with van der Waals surface area (Å²) in [7, 11) is 0. The quantitative estimate of drug-likeness (QED) is 0.0391. The topological polar surface area (TPSA) is 43.8 Å². The molecule has 4 nitrogen and oxygen atoms in total. The van der Waals surface area contributed by atoms with Gasteiger partial charge >= 0.3 is 49.9 Å². The average Bonchev–Trinajstić information content (AvgIpc) is 3.53. The third-order valence-electron chi connectivity index (χ3n) is 9.41. The molecular formula is C50H74N2NiO2. The van der Waals surface area contributed by atoms with Crippen molar-refractivity contribution in [1.29, 1.82) is 0 Å². The Labute approximate surface area is 343 Å². The van der Waals surface area contributed by atoms with E-state index in [1.807, 2.05) is 13.8 Å². The minimum atomic E-state index is 0.708. The first-order valence-corrected chi connectivity index (χ1v) is 22.5. The molecule has 0 aliphatic carbocycles. The van der Waals surface area contributed by atoms with Crippen molar-refractivity contribution in [3.8, 4) is 0 Å². The van der Waals surface area contributed by atoms with Crippen LogP contribution >= 0.6 is 0 Å². The van der Waals surface area contributed by atoms with Crippen molar-refractivity contribution in [1.82, 2.24) is 0 Å². The number of benzene rings is 2. The Morgan fingerprint density at radius 2 is 1.07 bits per heavy atom. The summed E-state index contributed by atoms with van der Waals surface area (Å²) in [5, 5.41) is 0. The molecule has 1 heterocycles. The van der Waals surface area contributed by atoms with Gasteiger partial charge in [0.1, 0.15) is 0 Å². The van der Waals surface area contributed by atoms with Crippen LogP contribution in [0.4, 0.5) is 0 Å². The van der Waals surface area contributed by atoms with E-state index in [9.17, 15) is 5.53 Å². The van der Waals surface area contributed by atoms with E-state index in [-0.39, 0.29) is 0 Å². The molecule has 1 aliphatic heterocycles. The summed E-state index contributed by atoms with van der Waals surface area (Å²) in [5.41, 5.74) is 22.7. The second-order valence-corrected chi connectivity index (χ2v) is 14.8. The van der Waals surface area contributed by atoms with Crippen LogP contribution < -0.4 is 0 Å². The van der Waals surface area contributed by atoms with Crippen LogP contribution in [0.15, 0.2) is 84.5 Å². The molecule has 2 aromatic carbocycles. The Morgan fingerprint density at radius 1 is 0.564 bits per heavy atom. The van der Waals surface area contributed by atoms with Crippen molar-refractivity contribution in [3.63, 3.8) is 0 Å². The van der Waals surface area contributed by atoms with E-state index >= 15 is 0 Å². The van der Waals surface area contributed by atoms with E-state index in [0.717, 1.165) is 102 Å². The van der Waals surface area contributed by atoms with Crippen LogP contribution in [-0.2, 0) is 35.7 Å². The predicted octanol–water partition coefficient (Wildman–Crippen LogP) is 15.6. The number of hydrogen-bond acceptors (Lipinski definition) is 2. The Bertz CT molecular complexity index is 1560. The number of rotatable bonds is 27. The van der Waals surface area contributed by atoms with Gasteiger partial charge in [0, 0.05) is 22.8 Å². The SMILES string of the molecule is CCC=Cc1ccc(CCC=CCCC)c(C2=CC(CCCCCCCC)=C(c3cc(C=CCC)ccc3CCC=CCCC)[N+]2=[N-])c1.CC[O][Ni][O]CC. The van der Waals surface area contributed by atoms with Crippen molar-refractivity contribution >= 4 is 23.5 Å². The Hall–Kier alpha value is -3.11. The first kappa shape index (κ1) is 48.0. The minimum absolute atomic E-state index is 0.708. The molecule has 0 unspecified atom stereocenters. The summed E-state index contributed by atoms with van der Waals surface area (Å²) < 4.78 is 11.1. The molecule has 0 fully saturated rings. The van der Waals surface area contributed by atoms with Crippen LogP contribution in [0.3, 0.4) is 0 Å². The Morgan fingerprint density at radius 3 is 1.60 bits per heavy atom. The van der Waals surface area contributed by atoms with E-state index in [2.05, 4.69) is 126 Å². The third kappa shape index (κ3) is 18.6. The van der Waals surface area contributed by atoms with Crippen molar-refractivity contribution < 1.29 is 27.5 Å². The van der Waals surface area contributed by atoms with Gasteiger partial charge in [0.25, 0.3) is 0 Å². The van der Waals surface area contributed by atoms with E-state index in [1.165, 1.54) is 72.8 Å². The van der Waals surface area contributed by atoms with Gasteiger partial charge < -0.3 is 5.53 Å². The Balaban J connectivity index is 0.00000136. The van der Waals surface area contributed by atoms with Gasteiger partial charge in [0.05, 0.1) is 0 Å². The monoisotopic (exact) mass is 793 g/mol. The van der Waals surface area contributed by atoms with Crippen molar-refractivity contribution in [2.75, 3.05) is 13.2 Å². The molecule has 0 spiro atoms. The molecule has 0 amide bonds. The van der Waals surface area contributed by atoms with Crippen LogP contribution in [0.5, 0.6) is 0 Å². The molecule has 0 bridgehead atoms. The van der Waals surface area contributed by atoms with Crippen molar-refractivity contribution in [3.05, 3.63) is 123 Å². The fourth-order valence-electron chi connectivity index (χ4n) is 6.50. The zero-order valence-corrected chi connectivity index (χ0v) is 36.6. The van der Waals surface area contributed by atoms with E-state index < -0.39 is 0 Å². The molecule has 0 aromatic heterocycles. The maximum absolute atomic E-state index is 12.3. The fraction of sp³-hybridized carbons (Fsp3) is 0.520. The van der Waals surface area contributed by atoms with E-state index in [0.29, 0.717) is 13.2 Å².